The van der Waals surface area contributed by atoms with Gasteiger partial charge in [-0.2, -0.15) is 5.10 Å². The quantitative estimate of drug-likeness (QED) is 0.260. The van der Waals surface area contributed by atoms with Gasteiger partial charge in [-0.25, -0.2) is 18.7 Å². The second-order valence-electron chi connectivity index (χ2n) is 9.21. The van der Waals surface area contributed by atoms with Crippen molar-refractivity contribution in [1.82, 2.24) is 30.1 Å². The largest absolute Gasteiger partial charge is 0.335 e. The van der Waals surface area contributed by atoms with Crippen LogP contribution in [0.25, 0.3) is 55.8 Å². The van der Waals surface area contributed by atoms with Gasteiger partial charge in [0.25, 0.3) is 0 Å². The number of aromatic nitrogens is 6. The lowest BCUT2D eigenvalue weighted by atomic mass is 10.0. The summed E-state index contributed by atoms with van der Waals surface area (Å²) in [4.78, 5) is 28.5. The molecule has 0 unspecified atom stereocenters. The van der Waals surface area contributed by atoms with Gasteiger partial charge < -0.3 is 10.3 Å². The van der Waals surface area contributed by atoms with Crippen molar-refractivity contribution in [1.29, 1.82) is 0 Å². The first kappa shape index (κ1) is 23.4. The SMILES string of the molecule is CC(C)C(=O)Nc1cncc(-c2cc(F)c3n[nH]c(-c4nc5nccc(-c6cccc(F)c6)c5[nH]4)c3c2)c1. The maximum absolute atomic E-state index is 15.2. The van der Waals surface area contributed by atoms with Gasteiger partial charge in [0.05, 0.1) is 17.4 Å². The van der Waals surface area contributed by atoms with Crippen molar-refractivity contribution in [2.24, 2.45) is 5.92 Å². The van der Waals surface area contributed by atoms with E-state index in [4.69, 9.17) is 0 Å². The predicted octanol–water partition coefficient (Wildman–Crippen LogP) is 6.10. The van der Waals surface area contributed by atoms with Gasteiger partial charge in [0.15, 0.2) is 17.3 Å². The second-order valence-corrected chi connectivity index (χ2v) is 9.21. The normalized spacial score (nSPS) is 11.5. The molecule has 0 saturated heterocycles. The van der Waals surface area contributed by atoms with Gasteiger partial charge in [-0.15, -0.1) is 0 Å². The third-order valence-corrected chi connectivity index (χ3v) is 6.24. The summed E-state index contributed by atoms with van der Waals surface area (Å²) in [5, 5.41) is 10.4. The molecule has 8 nitrogen and oxygen atoms in total. The van der Waals surface area contributed by atoms with Crippen LogP contribution in [0.5, 0.6) is 0 Å². The van der Waals surface area contributed by atoms with Crippen molar-refractivity contribution in [3.05, 3.63) is 78.8 Å². The Morgan fingerprint density at radius 1 is 1.00 bits per heavy atom. The second kappa shape index (κ2) is 9.15. The summed E-state index contributed by atoms with van der Waals surface area (Å²) in [6.45, 7) is 3.59. The van der Waals surface area contributed by atoms with E-state index in [1.165, 1.54) is 18.2 Å². The standard InChI is InChI=1S/C28H21F2N7O/c1-14(2)28(38)33-19-9-17(12-31-13-19)16-10-21-23(22(30)11-16)36-37-25(21)27-34-24-20(6-7-32-26(24)35-27)15-4-3-5-18(29)8-15/h3-14H,1-2H3,(H,33,38)(H,36,37)(H,32,34,35). The van der Waals surface area contributed by atoms with E-state index >= 15 is 4.39 Å². The summed E-state index contributed by atoms with van der Waals surface area (Å²) in [7, 11) is 0. The van der Waals surface area contributed by atoms with E-state index in [1.807, 2.05) is 0 Å². The van der Waals surface area contributed by atoms with E-state index in [0.29, 0.717) is 50.4 Å². The number of carbonyl (C=O) groups is 1. The number of benzene rings is 2. The molecule has 188 valence electrons. The molecule has 0 aliphatic rings. The Hall–Kier alpha value is -4.99. The highest BCUT2D eigenvalue weighted by Gasteiger charge is 2.19. The van der Waals surface area contributed by atoms with Crippen LogP contribution < -0.4 is 5.32 Å². The van der Waals surface area contributed by atoms with Crippen LogP contribution in [0.3, 0.4) is 0 Å². The fraction of sp³-hybridized carbons (Fsp3) is 0.107. The number of hydrogen-bond donors (Lipinski definition) is 3. The zero-order valence-electron chi connectivity index (χ0n) is 20.4. The van der Waals surface area contributed by atoms with Crippen molar-refractivity contribution >= 4 is 33.7 Å². The highest BCUT2D eigenvalue weighted by molar-refractivity contribution is 5.98. The summed E-state index contributed by atoms with van der Waals surface area (Å²) in [6.07, 6.45) is 4.75. The lowest BCUT2D eigenvalue weighted by Crippen LogP contribution is -2.17. The molecule has 6 aromatic rings. The van der Waals surface area contributed by atoms with Crippen molar-refractivity contribution in [3.8, 4) is 33.8 Å². The Morgan fingerprint density at radius 2 is 1.87 bits per heavy atom. The van der Waals surface area contributed by atoms with Crippen molar-refractivity contribution < 1.29 is 13.6 Å². The van der Waals surface area contributed by atoms with Crippen LogP contribution >= 0.6 is 0 Å². The maximum Gasteiger partial charge on any atom is 0.226 e. The van der Waals surface area contributed by atoms with Gasteiger partial charge >= 0.3 is 0 Å². The van der Waals surface area contributed by atoms with E-state index < -0.39 is 5.82 Å². The number of carbonyl (C=O) groups excluding carboxylic acids is 1. The van der Waals surface area contributed by atoms with Crippen LogP contribution in [0, 0.1) is 17.6 Å². The average Bonchev–Trinajstić information content (AvgIpc) is 3.53. The molecule has 1 amide bonds. The summed E-state index contributed by atoms with van der Waals surface area (Å²) >= 11 is 0. The van der Waals surface area contributed by atoms with Gasteiger partial charge in [0, 0.05) is 34.8 Å². The Kier molecular flexibility index (Phi) is 5.64. The number of H-pyrrole nitrogens is 2. The fourth-order valence-electron chi connectivity index (χ4n) is 4.30. The summed E-state index contributed by atoms with van der Waals surface area (Å²) in [5.41, 5.74) is 4.77. The molecule has 0 aliphatic heterocycles. The molecule has 10 heteroatoms. The highest BCUT2D eigenvalue weighted by atomic mass is 19.1. The van der Waals surface area contributed by atoms with Crippen molar-refractivity contribution in [2.75, 3.05) is 5.32 Å². The van der Waals surface area contributed by atoms with E-state index in [9.17, 15) is 9.18 Å². The number of fused-ring (bicyclic) bond motifs is 2. The molecule has 0 spiro atoms. The lowest BCUT2D eigenvalue weighted by molar-refractivity contribution is -0.118. The lowest BCUT2D eigenvalue weighted by Gasteiger charge is -2.09. The van der Waals surface area contributed by atoms with Crippen LogP contribution in [0.2, 0.25) is 0 Å². The van der Waals surface area contributed by atoms with Crippen LogP contribution in [-0.4, -0.2) is 36.0 Å². The Balaban J connectivity index is 1.45. The first-order chi connectivity index (χ1) is 18.4. The van der Waals surface area contributed by atoms with Crippen LogP contribution in [0.1, 0.15) is 13.8 Å². The number of imidazole rings is 1. The zero-order valence-corrected chi connectivity index (χ0v) is 20.4. The first-order valence-electron chi connectivity index (χ1n) is 11.9. The summed E-state index contributed by atoms with van der Waals surface area (Å²) in [6, 6.07) is 12.9. The molecule has 38 heavy (non-hydrogen) atoms. The van der Waals surface area contributed by atoms with Crippen LogP contribution in [-0.2, 0) is 4.79 Å². The highest BCUT2D eigenvalue weighted by Crippen LogP contribution is 2.34. The third-order valence-electron chi connectivity index (χ3n) is 6.24. The van der Waals surface area contributed by atoms with E-state index in [2.05, 4.69) is 35.5 Å². The summed E-state index contributed by atoms with van der Waals surface area (Å²) < 4.78 is 29.0. The molecule has 6 rings (SSSR count). The number of rotatable bonds is 5. The van der Waals surface area contributed by atoms with E-state index in [1.54, 1.807) is 62.8 Å². The topological polar surface area (TPSA) is 112 Å². The molecular formula is C28H21F2N7O. The van der Waals surface area contributed by atoms with Gasteiger partial charge in [0.2, 0.25) is 5.91 Å². The molecule has 2 aromatic carbocycles. The zero-order chi connectivity index (χ0) is 26.4. The molecule has 0 radical (unpaired) electrons. The number of anilines is 1. The van der Waals surface area contributed by atoms with Gasteiger partial charge in [-0.05, 0) is 47.5 Å². The number of nitrogens with zero attached hydrogens (tertiary/aromatic N) is 4. The monoisotopic (exact) mass is 509 g/mol. The predicted molar refractivity (Wildman–Crippen MR) is 141 cm³/mol. The molecule has 0 saturated carbocycles. The fourth-order valence-corrected chi connectivity index (χ4v) is 4.30. The number of hydrogen-bond acceptors (Lipinski definition) is 5. The van der Waals surface area contributed by atoms with Crippen LogP contribution in [0.15, 0.2) is 67.1 Å². The molecule has 0 bridgehead atoms. The molecular weight excluding hydrogens is 488 g/mol. The molecule has 4 aromatic heterocycles. The van der Waals surface area contributed by atoms with Crippen LogP contribution in [0.4, 0.5) is 14.5 Å². The Morgan fingerprint density at radius 3 is 2.68 bits per heavy atom. The number of halogens is 2. The number of aromatic amines is 2. The van der Waals surface area contributed by atoms with Crippen molar-refractivity contribution in [3.63, 3.8) is 0 Å². The van der Waals surface area contributed by atoms with Gasteiger partial charge in [0.1, 0.15) is 17.0 Å². The van der Waals surface area contributed by atoms with Crippen molar-refractivity contribution in [2.45, 2.75) is 13.8 Å². The number of nitrogens with one attached hydrogen (secondary N) is 3. The minimum absolute atomic E-state index is 0.140. The van der Waals surface area contributed by atoms with Gasteiger partial charge in [-0.1, -0.05) is 26.0 Å². The minimum Gasteiger partial charge on any atom is -0.335 e. The minimum atomic E-state index is -0.522. The average molecular weight is 510 g/mol. The van der Waals surface area contributed by atoms with E-state index in [-0.39, 0.29) is 23.2 Å². The number of amides is 1. The van der Waals surface area contributed by atoms with Gasteiger partial charge in [-0.3, -0.25) is 14.9 Å². The molecule has 4 heterocycles. The third kappa shape index (κ3) is 4.15. The Labute approximate surface area is 215 Å². The summed E-state index contributed by atoms with van der Waals surface area (Å²) in [5.74, 6) is -0.797. The number of pyridine rings is 2. The molecule has 0 fully saturated rings. The van der Waals surface area contributed by atoms with E-state index in [0.717, 1.165) is 5.56 Å². The maximum atomic E-state index is 15.2. The Bertz CT molecular complexity index is 1840. The molecule has 0 atom stereocenters. The molecule has 3 N–H and O–H groups in total. The first-order valence-corrected chi connectivity index (χ1v) is 11.9. The smallest absolute Gasteiger partial charge is 0.226 e. The molecule has 0 aliphatic carbocycles.